The molecule has 3 rings (SSSR count). The topological polar surface area (TPSA) is 64.0 Å². The van der Waals surface area contributed by atoms with Crippen LogP contribution in [-0.2, 0) is 11.3 Å². The maximum Gasteiger partial charge on any atom is 0.262 e. The molecule has 1 atom stereocenters. The molecule has 0 spiro atoms. The van der Waals surface area contributed by atoms with E-state index in [0.717, 1.165) is 5.56 Å². The van der Waals surface area contributed by atoms with Gasteiger partial charge in [-0.25, -0.2) is 9.37 Å². The van der Waals surface area contributed by atoms with Gasteiger partial charge < -0.3 is 5.32 Å². The Labute approximate surface area is 160 Å². The minimum Gasteiger partial charge on any atom is -0.355 e. The first-order valence-corrected chi connectivity index (χ1v) is 9.56. The summed E-state index contributed by atoms with van der Waals surface area (Å²) in [6.45, 7) is 4.42. The number of hydrogen-bond donors (Lipinski definition) is 1. The highest BCUT2D eigenvalue weighted by atomic mass is 32.2. The molecule has 7 heteroatoms. The Morgan fingerprint density at radius 3 is 2.63 bits per heavy atom. The molecule has 2 aromatic carbocycles. The van der Waals surface area contributed by atoms with Crippen LogP contribution >= 0.6 is 11.8 Å². The smallest absolute Gasteiger partial charge is 0.262 e. The lowest BCUT2D eigenvalue weighted by Crippen LogP contribution is -2.32. The third-order valence-electron chi connectivity index (χ3n) is 4.08. The molecule has 0 aliphatic rings. The maximum absolute atomic E-state index is 13.2. The van der Waals surface area contributed by atoms with Gasteiger partial charge in [-0.05, 0) is 43.7 Å². The Balaban J connectivity index is 2.05. The predicted molar refractivity (Wildman–Crippen MR) is 106 cm³/mol. The molecule has 0 saturated carbocycles. The predicted octanol–water partition coefficient (Wildman–Crippen LogP) is 3.20. The molecule has 0 fully saturated rings. The Kier molecular flexibility index (Phi) is 5.91. The number of para-hydroxylation sites is 1. The summed E-state index contributed by atoms with van der Waals surface area (Å²) in [5.41, 5.74) is 1.18. The zero-order chi connectivity index (χ0) is 19.4. The summed E-state index contributed by atoms with van der Waals surface area (Å²) in [7, 11) is 0. The van der Waals surface area contributed by atoms with Crippen molar-refractivity contribution in [3.63, 3.8) is 0 Å². The van der Waals surface area contributed by atoms with E-state index in [1.807, 2.05) is 13.0 Å². The van der Waals surface area contributed by atoms with Crippen molar-refractivity contribution in [1.82, 2.24) is 14.9 Å². The minimum atomic E-state index is -0.405. The summed E-state index contributed by atoms with van der Waals surface area (Å²) in [6.07, 6.45) is 0. The van der Waals surface area contributed by atoms with E-state index in [2.05, 4.69) is 10.3 Å². The van der Waals surface area contributed by atoms with Crippen LogP contribution in [0.3, 0.4) is 0 Å². The van der Waals surface area contributed by atoms with E-state index < -0.39 is 5.25 Å². The molecule has 0 radical (unpaired) electrons. The lowest BCUT2D eigenvalue weighted by molar-refractivity contribution is -0.120. The molecular formula is C20H20FN3O2S. The second-order valence-corrected chi connectivity index (χ2v) is 7.39. The number of hydrogen-bond acceptors (Lipinski definition) is 4. The summed E-state index contributed by atoms with van der Waals surface area (Å²) < 4.78 is 14.7. The molecule has 140 valence electrons. The number of fused-ring (bicyclic) bond motifs is 1. The first-order valence-electron chi connectivity index (χ1n) is 8.68. The second-order valence-electron chi connectivity index (χ2n) is 6.08. The summed E-state index contributed by atoms with van der Waals surface area (Å²) in [4.78, 5) is 29.8. The van der Waals surface area contributed by atoms with E-state index in [-0.39, 0.29) is 23.8 Å². The molecule has 0 bridgehead atoms. The number of nitrogens with one attached hydrogen (secondary N) is 1. The zero-order valence-corrected chi connectivity index (χ0v) is 15.9. The van der Waals surface area contributed by atoms with Crippen LogP contribution in [0.4, 0.5) is 4.39 Å². The highest BCUT2D eigenvalue weighted by Crippen LogP contribution is 2.23. The van der Waals surface area contributed by atoms with E-state index in [1.165, 1.54) is 28.5 Å². The SMILES string of the molecule is CCNC(=O)[C@H](C)Sc1nc2ccccc2c(=O)n1Cc1ccc(F)cc1. The van der Waals surface area contributed by atoms with Crippen LogP contribution in [0.5, 0.6) is 0 Å². The summed E-state index contributed by atoms with van der Waals surface area (Å²) in [5.74, 6) is -0.444. The highest BCUT2D eigenvalue weighted by molar-refractivity contribution is 8.00. The highest BCUT2D eigenvalue weighted by Gasteiger charge is 2.19. The molecule has 1 N–H and O–H groups in total. The number of benzene rings is 2. The standard InChI is InChI=1S/C20H20FN3O2S/c1-3-22-18(25)13(2)27-20-23-17-7-5-4-6-16(17)19(26)24(20)12-14-8-10-15(21)11-9-14/h4-11,13H,3,12H2,1-2H3,(H,22,25)/t13-/m0/s1. The van der Waals surface area contributed by atoms with Crippen molar-refractivity contribution in [3.05, 3.63) is 70.3 Å². The molecule has 0 aliphatic heterocycles. The van der Waals surface area contributed by atoms with E-state index in [4.69, 9.17) is 0 Å². The Morgan fingerprint density at radius 2 is 1.93 bits per heavy atom. The molecule has 1 aromatic heterocycles. The lowest BCUT2D eigenvalue weighted by atomic mass is 10.2. The van der Waals surface area contributed by atoms with Crippen molar-refractivity contribution < 1.29 is 9.18 Å². The normalized spacial score (nSPS) is 12.1. The number of amides is 1. The van der Waals surface area contributed by atoms with Crippen LogP contribution in [0.15, 0.2) is 58.5 Å². The maximum atomic E-state index is 13.2. The molecule has 27 heavy (non-hydrogen) atoms. The first kappa shape index (κ1) is 19.1. The number of aromatic nitrogens is 2. The van der Waals surface area contributed by atoms with Gasteiger partial charge in [0.15, 0.2) is 5.16 Å². The number of carbonyl (C=O) groups excluding carboxylic acids is 1. The molecule has 1 amide bonds. The molecule has 3 aromatic rings. The third kappa shape index (κ3) is 4.36. The van der Waals surface area contributed by atoms with Gasteiger partial charge in [-0.1, -0.05) is 36.0 Å². The fourth-order valence-corrected chi connectivity index (χ4v) is 3.61. The van der Waals surface area contributed by atoms with E-state index >= 15 is 0 Å². The fourth-order valence-electron chi connectivity index (χ4n) is 2.68. The molecule has 1 heterocycles. The molecular weight excluding hydrogens is 365 g/mol. The van der Waals surface area contributed by atoms with Crippen molar-refractivity contribution in [2.45, 2.75) is 30.8 Å². The van der Waals surface area contributed by atoms with Gasteiger partial charge in [0.2, 0.25) is 5.91 Å². The van der Waals surface area contributed by atoms with Crippen LogP contribution < -0.4 is 10.9 Å². The Bertz CT molecular complexity index is 1020. The molecule has 0 saturated heterocycles. The monoisotopic (exact) mass is 385 g/mol. The van der Waals surface area contributed by atoms with Crippen molar-refractivity contribution in [3.8, 4) is 0 Å². The van der Waals surface area contributed by atoms with Gasteiger partial charge in [-0.2, -0.15) is 0 Å². The van der Waals surface area contributed by atoms with Gasteiger partial charge in [0.05, 0.1) is 22.7 Å². The van der Waals surface area contributed by atoms with Gasteiger partial charge >= 0.3 is 0 Å². The van der Waals surface area contributed by atoms with E-state index in [1.54, 1.807) is 37.3 Å². The van der Waals surface area contributed by atoms with Crippen LogP contribution in [0.25, 0.3) is 10.9 Å². The van der Waals surface area contributed by atoms with Gasteiger partial charge in [-0.3, -0.25) is 14.2 Å². The third-order valence-corrected chi connectivity index (χ3v) is 5.17. The number of rotatable bonds is 6. The van der Waals surface area contributed by atoms with Gasteiger partial charge in [0.1, 0.15) is 5.82 Å². The summed E-state index contributed by atoms with van der Waals surface area (Å²) >= 11 is 1.24. The largest absolute Gasteiger partial charge is 0.355 e. The van der Waals surface area contributed by atoms with Crippen LogP contribution in [0.1, 0.15) is 19.4 Å². The number of thioether (sulfide) groups is 1. The van der Waals surface area contributed by atoms with Crippen molar-refractivity contribution in [2.24, 2.45) is 0 Å². The van der Waals surface area contributed by atoms with Crippen molar-refractivity contribution in [1.29, 1.82) is 0 Å². The summed E-state index contributed by atoms with van der Waals surface area (Å²) in [5, 5.41) is 3.34. The average Bonchev–Trinajstić information content (AvgIpc) is 2.66. The molecule has 5 nitrogen and oxygen atoms in total. The zero-order valence-electron chi connectivity index (χ0n) is 15.1. The molecule has 0 aliphatic carbocycles. The van der Waals surface area contributed by atoms with Gasteiger partial charge in [0.25, 0.3) is 5.56 Å². The fraction of sp³-hybridized carbons (Fsp3) is 0.250. The number of carbonyl (C=O) groups is 1. The minimum absolute atomic E-state index is 0.113. The number of nitrogens with zero attached hydrogens (tertiary/aromatic N) is 2. The average molecular weight is 385 g/mol. The van der Waals surface area contributed by atoms with Gasteiger partial charge in [-0.15, -0.1) is 0 Å². The van der Waals surface area contributed by atoms with Crippen molar-refractivity contribution in [2.75, 3.05) is 6.54 Å². The summed E-state index contributed by atoms with van der Waals surface area (Å²) in [6, 6.07) is 13.1. The Morgan fingerprint density at radius 1 is 1.22 bits per heavy atom. The van der Waals surface area contributed by atoms with Crippen LogP contribution in [0.2, 0.25) is 0 Å². The van der Waals surface area contributed by atoms with Gasteiger partial charge in [0, 0.05) is 6.54 Å². The first-order chi connectivity index (χ1) is 13.0. The van der Waals surface area contributed by atoms with Crippen LogP contribution in [0, 0.1) is 5.82 Å². The Hall–Kier alpha value is -2.67. The quantitative estimate of drug-likeness (QED) is 0.523. The number of halogens is 1. The molecule has 0 unspecified atom stereocenters. The van der Waals surface area contributed by atoms with E-state index in [0.29, 0.717) is 22.6 Å². The lowest BCUT2D eigenvalue weighted by Gasteiger charge is -2.16. The second kappa shape index (κ2) is 8.35. The van der Waals surface area contributed by atoms with E-state index in [9.17, 15) is 14.0 Å². The van der Waals surface area contributed by atoms with Crippen LogP contribution in [-0.4, -0.2) is 27.3 Å². The van der Waals surface area contributed by atoms with Crippen molar-refractivity contribution >= 4 is 28.6 Å².